The van der Waals surface area contributed by atoms with E-state index >= 15 is 0 Å². The third kappa shape index (κ3) is 4.23. The quantitative estimate of drug-likeness (QED) is 0.578. The lowest BCUT2D eigenvalue weighted by molar-refractivity contribution is 0.0634. The second-order valence-electron chi connectivity index (χ2n) is 8.44. The lowest BCUT2D eigenvalue weighted by Gasteiger charge is -2.45. The van der Waals surface area contributed by atoms with Gasteiger partial charge < -0.3 is 4.90 Å². The van der Waals surface area contributed by atoms with Crippen LogP contribution in [0.5, 0.6) is 0 Å². The van der Waals surface area contributed by atoms with E-state index in [0.29, 0.717) is 5.56 Å². The Kier molecular flexibility index (Phi) is 5.88. The van der Waals surface area contributed by atoms with E-state index < -0.39 is 0 Å². The summed E-state index contributed by atoms with van der Waals surface area (Å²) < 4.78 is 0.817. The van der Waals surface area contributed by atoms with Gasteiger partial charge >= 0.3 is 0 Å². The topological polar surface area (TPSA) is 44.1 Å². The third-order valence-corrected chi connectivity index (χ3v) is 6.56. The van der Waals surface area contributed by atoms with Gasteiger partial charge in [0.2, 0.25) is 0 Å². The Morgan fingerprint density at radius 3 is 2.26 bits per heavy atom. The van der Waals surface area contributed by atoms with Crippen molar-refractivity contribution in [3.63, 3.8) is 0 Å². The highest BCUT2D eigenvalue weighted by Crippen LogP contribution is 2.33. The molecule has 1 amide bonds. The first kappa shape index (κ1) is 20.8. The SMILES string of the molecule is Cc1cccc([N+]2(Cc3ccc(C#N)cc3)CCN(C(=O)c3ccccc3)CC2)c1C. The summed E-state index contributed by atoms with van der Waals surface area (Å²) in [5.74, 6) is 0.109. The number of carbonyl (C=O) groups is 1. The number of amides is 1. The van der Waals surface area contributed by atoms with E-state index in [-0.39, 0.29) is 5.91 Å². The van der Waals surface area contributed by atoms with Gasteiger partial charge in [-0.15, -0.1) is 0 Å². The van der Waals surface area contributed by atoms with Crippen LogP contribution in [0.2, 0.25) is 0 Å². The Morgan fingerprint density at radius 2 is 1.61 bits per heavy atom. The van der Waals surface area contributed by atoms with Crippen LogP contribution in [-0.2, 0) is 6.54 Å². The summed E-state index contributed by atoms with van der Waals surface area (Å²) in [5.41, 5.74) is 6.58. The normalized spacial score (nSPS) is 15.3. The number of nitriles is 1. The molecule has 0 bridgehead atoms. The van der Waals surface area contributed by atoms with E-state index in [0.717, 1.165) is 42.8 Å². The van der Waals surface area contributed by atoms with Crippen LogP contribution < -0.4 is 4.48 Å². The van der Waals surface area contributed by atoms with Crippen molar-refractivity contribution in [2.75, 3.05) is 26.2 Å². The summed E-state index contributed by atoms with van der Waals surface area (Å²) in [6.45, 7) is 8.38. The van der Waals surface area contributed by atoms with Gasteiger partial charge in [0, 0.05) is 16.7 Å². The molecule has 1 heterocycles. The molecule has 3 aromatic rings. The average molecular weight is 411 g/mol. The second kappa shape index (κ2) is 8.75. The third-order valence-electron chi connectivity index (χ3n) is 6.56. The van der Waals surface area contributed by atoms with Gasteiger partial charge in [0.05, 0.1) is 24.7 Å². The highest BCUT2D eigenvalue weighted by Gasteiger charge is 2.38. The fourth-order valence-corrected chi connectivity index (χ4v) is 4.58. The number of hydrogen-bond donors (Lipinski definition) is 0. The highest BCUT2D eigenvalue weighted by atomic mass is 16.2. The molecule has 4 rings (SSSR count). The largest absolute Gasteiger partial charge is 0.327 e. The van der Waals surface area contributed by atoms with Gasteiger partial charge in [0.25, 0.3) is 5.91 Å². The van der Waals surface area contributed by atoms with Crippen molar-refractivity contribution in [3.05, 3.63) is 101 Å². The van der Waals surface area contributed by atoms with Crippen molar-refractivity contribution in [2.45, 2.75) is 20.4 Å². The van der Waals surface area contributed by atoms with Gasteiger partial charge in [-0.2, -0.15) is 5.26 Å². The van der Waals surface area contributed by atoms with Crippen molar-refractivity contribution >= 4 is 11.6 Å². The second-order valence-corrected chi connectivity index (χ2v) is 8.44. The predicted octanol–water partition coefficient (Wildman–Crippen LogP) is 4.84. The molecule has 0 unspecified atom stereocenters. The van der Waals surface area contributed by atoms with E-state index in [4.69, 9.17) is 5.26 Å². The molecular formula is C27H28N3O+. The molecular weight excluding hydrogens is 382 g/mol. The lowest BCUT2D eigenvalue weighted by Crippen LogP contribution is -2.61. The molecule has 1 aliphatic rings. The predicted molar refractivity (Wildman–Crippen MR) is 125 cm³/mol. The summed E-state index contributed by atoms with van der Waals surface area (Å²) in [7, 11) is 0. The molecule has 0 aromatic heterocycles. The first-order chi connectivity index (χ1) is 15.0. The maximum absolute atomic E-state index is 13.0. The summed E-state index contributed by atoms with van der Waals surface area (Å²) in [4.78, 5) is 15.0. The zero-order valence-corrected chi connectivity index (χ0v) is 18.2. The molecule has 4 nitrogen and oxygen atoms in total. The number of benzene rings is 3. The van der Waals surface area contributed by atoms with E-state index in [1.54, 1.807) is 0 Å². The van der Waals surface area contributed by atoms with Crippen LogP contribution in [0.4, 0.5) is 5.69 Å². The molecule has 0 saturated carbocycles. The maximum Gasteiger partial charge on any atom is 0.254 e. The molecule has 1 saturated heterocycles. The Bertz CT molecular complexity index is 1110. The van der Waals surface area contributed by atoms with Gasteiger partial charge in [-0.1, -0.05) is 42.5 Å². The first-order valence-electron chi connectivity index (χ1n) is 10.8. The molecule has 31 heavy (non-hydrogen) atoms. The van der Waals surface area contributed by atoms with Crippen LogP contribution in [-0.4, -0.2) is 37.0 Å². The van der Waals surface area contributed by atoms with Crippen molar-refractivity contribution in [2.24, 2.45) is 0 Å². The van der Waals surface area contributed by atoms with Gasteiger partial charge in [-0.25, -0.2) is 0 Å². The number of hydrogen-bond acceptors (Lipinski definition) is 2. The lowest BCUT2D eigenvalue weighted by atomic mass is 10.0. The fourth-order valence-electron chi connectivity index (χ4n) is 4.58. The number of rotatable bonds is 4. The average Bonchev–Trinajstić information content (AvgIpc) is 2.82. The monoisotopic (exact) mass is 410 g/mol. The van der Waals surface area contributed by atoms with Crippen molar-refractivity contribution in [1.29, 1.82) is 5.26 Å². The molecule has 0 aliphatic carbocycles. The summed E-state index contributed by atoms with van der Waals surface area (Å²) in [6.07, 6.45) is 0. The van der Waals surface area contributed by atoms with Crippen LogP contribution >= 0.6 is 0 Å². The summed E-state index contributed by atoms with van der Waals surface area (Å²) in [6, 6.07) is 26.2. The molecule has 0 spiro atoms. The maximum atomic E-state index is 13.0. The van der Waals surface area contributed by atoms with Gasteiger partial charge in [-0.05, 0) is 49.7 Å². The van der Waals surface area contributed by atoms with Crippen LogP contribution in [0.1, 0.15) is 32.6 Å². The van der Waals surface area contributed by atoms with E-state index in [1.165, 1.54) is 22.4 Å². The van der Waals surface area contributed by atoms with Crippen LogP contribution in [0.3, 0.4) is 0 Å². The smallest absolute Gasteiger partial charge is 0.254 e. The van der Waals surface area contributed by atoms with E-state index in [1.807, 2.05) is 47.4 Å². The molecule has 3 aromatic carbocycles. The molecule has 1 fully saturated rings. The standard InChI is InChI=1S/C27H28N3O/c1-21-7-6-10-26(22(21)2)30(20-24-13-11-23(19-28)12-14-24)17-15-29(16-18-30)27(31)25-8-4-3-5-9-25/h3-14H,15-18,20H2,1-2H3/q+1. The zero-order valence-electron chi connectivity index (χ0n) is 18.2. The number of carbonyl (C=O) groups excluding carboxylic acids is 1. The Labute approximate surface area is 184 Å². The Morgan fingerprint density at radius 1 is 0.935 bits per heavy atom. The first-order valence-corrected chi connectivity index (χ1v) is 10.8. The van der Waals surface area contributed by atoms with Crippen molar-refractivity contribution in [3.8, 4) is 6.07 Å². The molecule has 156 valence electrons. The van der Waals surface area contributed by atoms with Crippen LogP contribution in [0.15, 0.2) is 72.8 Å². The van der Waals surface area contributed by atoms with E-state index in [2.05, 4.69) is 50.2 Å². The molecule has 0 N–H and O–H groups in total. The Balaban J connectivity index is 1.63. The van der Waals surface area contributed by atoms with Crippen molar-refractivity contribution in [1.82, 2.24) is 9.38 Å². The summed E-state index contributed by atoms with van der Waals surface area (Å²) >= 11 is 0. The zero-order chi connectivity index (χ0) is 21.8. The van der Waals surface area contributed by atoms with Crippen LogP contribution in [0, 0.1) is 25.2 Å². The number of nitrogens with zero attached hydrogens (tertiary/aromatic N) is 3. The highest BCUT2D eigenvalue weighted by molar-refractivity contribution is 5.94. The minimum atomic E-state index is 0.109. The van der Waals surface area contributed by atoms with E-state index in [9.17, 15) is 4.79 Å². The minimum absolute atomic E-state index is 0.109. The molecule has 4 heteroatoms. The molecule has 0 radical (unpaired) electrons. The summed E-state index contributed by atoms with van der Waals surface area (Å²) in [5, 5.41) is 9.13. The number of piperazine rings is 1. The molecule has 0 atom stereocenters. The van der Waals surface area contributed by atoms with Gasteiger partial charge in [-0.3, -0.25) is 9.28 Å². The van der Waals surface area contributed by atoms with Gasteiger partial charge in [0.15, 0.2) is 0 Å². The van der Waals surface area contributed by atoms with Gasteiger partial charge in [0.1, 0.15) is 25.3 Å². The number of quaternary nitrogens is 1. The fraction of sp³-hybridized carbons (Fsp3) is 0.259. The molecule has 1 aliphatic heterocycles. The number of aryl methyl sites for hydroxylation is 1. The minimum Gasteiger partial charge on any atom is -0.327 e. The van der Waals surface area contributed by atoms with Crippen LogP contribution in [0.25, 0.3) is 0 Å². The Hall–Kier alpha value is -3.42. The van der Waals surface area contributed by atoms with Crippen molar-refractivity contribution < 1.29 is 4.79 Å².